The highest BCUT2D eigenvalue weighted by atomic mass is 32.2. The van der Waals surface area contributed by atoms with Crippen LogP contribution in [0, 0.1) is 10.1 Å². The maximum Gasteiger partial charge on any atom is 0.321 e. The third-order valence-electron chi connectivity index (χ3n) is 2.36. The van der Waals surface area contributed by atoms with E-state index in [0.717, 1.165) is 0 Å². The van der Waals surface area contributed by atoms with Crippen LogP contribution in [0.15, 0.2) is 24.3 Å². The Morgan fingerprint density at radius 1 is 1.56 bits per heavy atom. The molecule has 2 N–H and O–H groups in total. The number of rotatable bonds is 7. The van der Waals surface area contributed by atoms with Crippen molar-refractivity contribution in [3.05, 3.63) is 39.9 Å². The first-order chi connectivity index (χ1) is 8.56. The van der Waals surface area contributed by atoms with Gasteiger partial charge in [0, 0.05) is 23.9 Å². The van der Waals surface area contributed by atoms with Crippen LogP contribution < -0.4 is 5.32 Å². The maximum absolute atomic E-state index is 10.9. The van der Waals surface area contributed by atoms with Gasteiger partial charge in [-0.2, -0.15) is 11.8 Å². The zero-order valence-corrected chi connectivity index (χ0v) is 10.6. The van der Waals surface area contributed by atoms with E-state index < -0.39 is 16.9 Å². The number of carboxylic acids is 1. The van der Waals surface area contributed by atoms with Crippen molar-refractivity contribution in [2.45, 2.75) is 12.6 Å². The highest BCUT2D eigenvalue weighted by Crippen LogP contribution is 2.17. The quantitative estimate of drug-likeness (QED) is 0.576. The summed E-state index contributed by atoms with van der Waals surface area (Å²) in [7, 11) is 0. The average Bonchev–Trinajstić information content (AvgIpc) is 2.34. The molecule has 1 atom stereocenters. The van der Waals surface area contributed by atoms with Gasteiger partial charge in [-0.15, -0.1) is 0 Å². The molecule has 0 radical (unpaired) electrons. The summed E-state index contributed by atoms with van der Waals surface area (Å²) >= 11 is 1.41. The van der Waals surface area contributed by atoms with Crippen molar-refractivity contribution >= 4 is 23.4 Å². The zero-order valence-electron chi connectivity index (χ0n) is 9.83. The van der Waals surface area contributed by atoms with E-state index >= 15 is 0 Å². The van der Waals surface area contributed by atoms with E-state index in [4.69, 9.17) is 5.11 Å². The molecule has 7 heteroatoms. The van der Waals surface area contributed by atoms with E-state index in [-0.39, 0.29) is 12.2 Å². The Kier molecular flexibility index (Phi) is 5.60. The number of nitro benzene ring substituents is 1. The second-order valence-corrected chi connectivity index (χ2v) is 4.52. The number of hydrogen-bond acceptors (Lipinski definition) is 5. The fraction of sp³-hybridized carbons (Fsp3) is 0.364. The van der Waals surface area contributed by atoms with Gasteiger partial charge in [-0.3, -0.25) is 20.2 Å². The predicted octanol–water partition coefficient (Wildman–Crippen LogP) is 1.50. The molecule has 1 unspecified atom stereocenters. The molecule has 0 aromatic heterocycles. The van der Waals surface area contributed by atoms with Gasteiger partial charge in [-0.05, 0) is 6.26 Å². The van der Waals surface area contributed by atoms with Crippen LogP contribution in [0.25, 0.3) is 0 Å². The van der Waals surface area contributed by atoms with Crippen molar-refractivity contribution in [1.29, 1.82) is 0 Å². The normalized spacial score (nSPS) is 12.1. The predicted molar refractivity (Wildman–Crippen MR) is 69.7 cm³/mol. The number of benzene rings is 1. The Hall–Kier alpha value is -1.60. The third kappa shape index (κ3) is 4.01. The SMILES string of the molecule is CSCC(NCc1ccccc1[N+](=O)[O-])C(=O)O. The van der Waals surface area contributed by atoms with Crippen LogP contribution >= 0.6 is 11.8 Å². The van der Waals surface area contributed by atoms with Crippen molar-refractivity contribution in [3.8, 4) is 0 Å². The van der Waals surface area contributed by atoms with Crippen molar-refractivity contribution in [2.24, 2.45) is 0 Å². The number of aliphatic carboxylic acids is 1. The highest BCUT2D eigenvalue weighted by Gasteiger charge is 2.18. The fourth-order valence-corrected chi connectivity index (χ4v) is 2.05. The van der Waals surface area contributed by atoms with Gasteiger partial charge in [-0.25, -0.2) is 0 Å². The molecule has 0 bridgehead atoms. The van der Waals surface area contributed by atoms with Gasteiger partial charge in [0.05, 0.1) is 4.92 Å². The van der Waals surface area contributed by atoms with Gasteiger partial charge in [0.2, 0.25) is 0 Å². The lowest BCUT2D eigenvalue weighted by Crippen LogP contribution is -2.38. The summed E-state index contributed by atoms with van der Waals surface area (Å²) in [4.78, 5) is 21.2. The standard InChI is InChI=1S/C11H14N2O4S/c1-18-7-9(11(14)15)12-6-8-4-2-3-5-10(8)13(16)17/h2-5,9,12H,6-7H2,1H3,(H,14,15). The van der Waals surface area contributed by atoms with Crippen molar-refractivity contribution in [1.82, 2.24) is 5.32 Å². The molecule has 1 aromatic carbocycles. The summed E-state index contributed by atoms with van der Waals surface area (Å²) in [5.41, 5.74) is 0.480. The van der Waals surface area contributed by atoms with Crippen molar-refractivity contribution in [3.63, 3.8) is 0 Å². The molecule has 18 heavy (non-hydrogen) atoms. The Morgan fingerprint density at radius 3 is 2.78 bits per heavy atom. The van der Waals surface area contributed by atoms with E-state index in [9.17, 15) is 14.9 Å². The smallest absolute Gasteiger partial charge is 0.321 e. The molecule has 0 aliphatic heterocycles. The molecular weight excluding hydrogens is 256 g/mol. The molecular formula is C11H14N2O4S. The van der Waals surface area contributed by atoms with Crippen molar-refractivity contribution < 1.29 is 14.8 Å². The molecule has 0 heterocycles. The first-order valence-electron chi connectivity index (χ1n) is 5.23. The lowest BCUT2D eigenvalue weighted by molar-refractivity contribution is -0.385. The molecule has 98 valence electrons. The van der Waals surface area contributed by atoms with Gasteiger partial charge >= 0.3 is 5.97 Å². The van der Waals surface area contributed by atoms with Gasteiger partial charge in [-0.1, -0.05) is 18.2 Å². The summed E-state index contributed by atoms with van der Waals surface area (Å²) < 4.78 is 0. The largest absolute Gasteiger partial charge is 0.480 e. The summed E-state index contributed by atoms with van der Waals surface area (Å²) in [6.45, 7) is 0.161. The van der Waals surface area contributed by atoms with Crippen LogP contribution in [-0.2, 0) is 11.3 Å². The van der Waals surface area contributed by atoms with Crippen LogP contribution in [0.3, 0.4) is 0 Å². The zero-order chi connectivity index (χ0) is 13.5. The molecule has 6 nitrogen and oxygen atoms in total. The van der Waals surface area contributed by atoms with E-state index in [1.165, 1.54) is 17.8 Å². The topological polar surface area (TPSA) is 92.5 Å². The monoisotopic (exact) mass is 270 g/mol. The number of nitro groups is 1. The van der Waals surface area contributed by atoms with Crippen LogP contribution in [0.1, 0.15) is 5.56 Å². The minimum atomic E-state index is -0.956. The minimum absolute atomic E-state index is 0.00158. The lowest BCUT2D eigenvalue weighted by atomic mass is 10.1. The molecule has 1 rings (SSSR count). The number of nitrogens with zero attached hydrogens (tertiary/aromatic N) is 1. The first kappa shape index (κ1) is 14.5. The maximum atomic E-state index is 10.9. The Balaban J connectivity index is 2.73. The van der Waals surface area contributed by atoms with Gasteiger partial charge in [0.1, 0.15) is 6.04 Å². The van der Waals surface area contributed by atoms with E-state index in [2.05, 4.69) is 5.32 Å². The number of thioether (sulfide) groups is 1. The average molecular weight is 270 g/mol. The Bertz CT molecular complexity index is 439. The van der Waals surface area contributed by atoms with Crippen LogP contribution in [-0.4, -0.2) is 34.0 Å². The summed E-state index contributed by atoms with van der Waals surface area (Å²) in [6.07, 6.45) is 1.81. The molecule has 0 aliphatic rings. The molecule has 0 spiro atoms. The van der Waals surface area contributed by atoms with E-state index in [1.807, 2.05) is 6.26 Å². The van der Waals surface area contributed by atoms with Crippen LogP contribution in [0.4, 0.5) is 5.69 Å². The van der Waals surface area contributed by atoms with E-state index in [1.54, 1.807) is 18.2 Å². The molecule has 1 aromatic rings. The summed E-state index contributed by atoms with van der Waals surface area (Å²) in [5, 5.41) is 22.5. The number of para-hydroxylation sites is 1. The van der Waals surface area contributed by atoms with E-state index in [0.29, 0.717) is 11.3 Å². The molecule has 0 fully saturated rings. The summed E-state index contributed by atoms with van der Waals surface area (Å²) in [5.74, 6) is -0.543. The van der Waals surface area contributed by atoms with Crippen LogP contribution in [0.5, 0.6) is 0 Å². The van der Waals surface area contributed by atoms with Crippen LogP contribution in [0.2, 0.25) is 0 Å². The molecule has 0 amide bonds. The van der Waals surface area contributed by atoms with Gasteiger partial charge < -0.3 is 5.11 Å². The van der Waals surface area contributed by atoms with Crippen molar-refractivity contribution in [2.75, 3.05) is 12.0 Å². The number of carboxylic acid groups (broad SMARTS) is 1. The third-order valence-corrected chi connectivity index (χ3v) is 3.03. The molecule has 0 saturated carbocycles. The Morgan fingerprint density at radius 2 is 2.22 bits per heavy atom. The minimum Gasteiger partial charge on any atom is -0.480 e. The number of hydrogen-bond donors (Lipinski definition) is 2. The van der Waals surface area contributed by atoms with Gasteiger partial charge in [0.25, 0.3) is 5.69 Å². The molecule has 0 aliphatic carbocycles. The lowest BCUT2D eigenvalue weighted by Gasteiger charge is -2.13. The second-order valence-electron chi connectivity index (χ2n) is 3.61. The number of carbonyl (C=O) groups is 1. The summed E-state index contributed by atoms with van der Waals surface area (Å²) in [6, 6.07) is 5.58. The highest BCUT2D eigenvalue weighted by molar-refractivity contribution is 7.98. The molecule has 0 saturated heterocycles. The fourth-order valence-electron chi connectivity index (χ4n) is 1.46. The first-order valence-corrected chi connectivity index (χ1v) is 6.63. The second kappa shape index (κ2) is 6.97. The van der Waals surface area contributed by atoms with Gasteiger partial charge in [0.15, 0.2) is 0 Å². The Labute approximate surface area is 109 Å². The number of nitrogens with one attached hydrogen (secondary N) is 1.